The molecule has 1 aromatic rings. The Morgan fingerprint density at radius 1 is 1.29 bits per heavy atom. The number of aliphatic hydroxyl groups is 1. The molecule has 0 bridgehead atoms. The zero-order valence-corrected chi connectivity index (χ0v) is 12.5. The average molecular weight is 314 g/mol. The van der Waals surface area contributed by atoms with Crippen LogP contribution < -0.4 is 4.72 Å². The quantitative estimate of drug-likeness (QED) is 0.646. The molecule has 0 aromatic heterocycles. The second-order valence-corrected chi connectivity index (χ2v) is 7.02. The number of non-ortho nitro benzene ring substituents is 1. The number of nitro groups is 1. The normalized spacial score (nSPS) is 23.0. The number of sulfonamides is 1. The van der Waals surface area contributed by atoms with E-state index in [1.165, 1.54) is 12.1 Å². The van der Waals surface area contributed by atoms with E-state index in [9.17, 15) is 23.6 Å². The summed E-state index contributed by atoms with van der Waals surface area (Å²) in [6, 6.07) is 3.55. The van der Waals surface area contributed by atoms with Gasteiger partial charge in [0.25, 0.3) is 5.69 Å². The molecule has 2 rings (SSSR count). The fraction of sp³-hybridized carbons (Fsp3) is 0.538. The van der Waals surface area contributed by atoms with Gasteiger partial charge in [0.05, 0.1) is 15.9 Å². The summed E-state index contributed by atoms with van der Waals surface area (Å²) in [4.78, 5) is 10.1. The molecule has 0 atom stereocenters. The molecule has 0 heterocycles. The molecular weight excluding hydrogens is 296 g/mol. The van der Waals surface area contributed by atoms with Gasteiger partial charge < -0.3 is 5.11 Å². The van der Waals surface area contributed by atoms with Crippen molar-refractivity contribution in [2.75, 3.05) is 0 Å². The van der Waals surface area contributed by atoms with Crippen molar-refractivity contribution in [3.05, 3.63) is 33.9 Å². The number of hydrogen-bond acceptors (Lipinski definition) is 5. The highest BCUT2D eigenvalue weighted by Crippen LogP contribution is 2.24. The Morgan fingerprint density at radius 3 is 2.48 bits per heavy atom. The van der Waals surface area contributed by atoms with Gasteiger partial charge in [0.15, 0.2) is 0 Å². The van der Waals surface area contributed by atoms with Gasteiger partial charge in [-0.1, -0.05) is 6.07 Å². The van der Waals surface area contributed by atoms with Gasteiger partial charge in [-0.05, 0) is 38.2 Å². The lowest BCUT2D eigenvalue weighted by atomic mass is 9.94. The molecule has 1 saturated carbocycles. The minimum absolute atomic E-state index is 0.0668. The number of rotatable bonds is 4. The molecule has 1 aliphatic rings. The fourth-order valence-electron chi connectivity index (χ4n) is 2.47. The van der Waals surface area contributed by atoms with Crippen LogP contribution >= 0.6 is 0 Å². The molecule has 1 aliphatic carbocycles. The van der Waals surface area contributed by atoms with Crippen LogP contribution in [0.2, 0.25) is 0 Å². The first-order chi connectivity index (χ1) is 9.79. The van der Waals surface area contributed by atoms with Gasteiger partial charge in [-0.3, -0.25) is 10.1 Å². The standard InChI is InChI=1S/C13H18N2O5S/c1-9-2-5-11(15(17)18)8-13(9)21(19,20)14-10-3-6-12(16)7-4-10/h2,5,8,10,12,14,16H,3-4,6-7H2,1H3. The molecule has 1 fully saturated rings. The van der Waals surface area contributed by atoms with Gasteiger partial charge in [0.1, 0.15) is 0 Å². The first-order valence-corrected chi connectivity index (χ1v) is 8.23. The van der Waals surface area contributed by atoms with Crippen LogP contribution in [0, 0.1) is 17.0 Å². The van der Waals surface area contributed by atoms with E-state index in [2.05, 4.69) is 4.72 Å². The van der Waals surface area contributed by atoms with Crippen LogP contribution in [-0.4, -0.2) is 30.6 Å². The van der Waals surface area contributed by atoms with Crippen LogP contribution in [0.5, 0.6) is 0 Å². The van der Waals surface area contributed by atoms with Crippen molar-refractivity contribution >= 4 is 15.7 Å². The number of nitro benzene ring substituents is 1. The number of nitrogens with one attached hydrogen (secondary N) is 1. The van der Waals surface area contributed by atoms with Gasteiger partial charge in [0.2, 0.25) is 10.0 Å². The molecule has 0 saturated heterocycles. The van der Waals surface area contributed by atoms with Crippen molar-refractivity contribution in [1.29, 1.82) is 0 Å². The summed E-state index contributed by atoms with van der Waals surface area (Å²) in [5, 5.41) is 20.2. The van der Waals surface area contributed by atoms with Crippen LogP contribution in [0.4, 0.5) is 5.69 Å². The Morgan fingerprint density at radius 2 is 1.90 bits per heavy atom. The predicted octanol–water partition coefficient (Wildman–Crippen LogP) is 1.49. The van der Waals surface area contributed by atoms with E-state index in [0.29, 0.717) is 31.2 Å². The van der Waals surface area contributed by atoms with Gasteiger partial charge >= 0.3 is 0 Å². The SMILES string of the molecule is Cc1ccc([N+](=O)[O-])cc1S(=O)(=O)NC1CCC(O)CC1. The van der Waals surface area contributed by atoms with Crippen molar-refractivity contribution in [1.82, 2.24) is 4.72 Å². The maximum atomic E-state index is 12.4. The lowest BCUT2D eigenvalue weighted by molar-refractivity contribution is -0.385. The number of hydrogen-bond donors (Lipinski definition) is 2. The number of nitrogens with zero attached hydrogens (tertiary/aromatic N) is 1. The Labute approximate surface area is 123 Å². The lowest BCUT2D eigenvalue weighted by Gasteiger charge is -2.26. The third-order valence-corrected chi connectivity index (χ3v) is 5.35. The highest BCUT2D eigenvalue weighted by atomic mass is 32.2. The summed E-state index contributed by atoms with van der Waals surface area (Å²) in [6.07, 6.45) is 1.87. The second-order valence-electron chi connectivity index (χ2n) is 5.33. The molecule has 0 radical (unpaired) electrons. The average Bonchev–Trinajstić information content (AvgIpc) is 2.41. The van der Waals surface area contributed by atoms with Gasteiger partial charge in [-0.15, -0.1) is 0 Å². The van der Waals surface area contributed by atoms with E-state index in [1.54, 1.807) is 6.92 Å². The first kappa shape index (κ1) is 15.9. The molecule has 0 aliphatic heterocycles. The minimum Gasteiger partial charge on any atom is -0.393 e. The van der Waals surface area contributed by atoms with Crippen molar-refractivity contribution in [3.8, 4) is 0 Å². The maximum Gasteiger partial charge on any atom is 0.270 e. The monoisotopic (exact) mass is 314 g/mol. The van der Waals surface area contributed by atoms with E-state index >= 15 is 0 Å². The highest BCUT2D eigenvalue weighted by molar-refractivity contribution is 7.89. The molecule has 0 amide bonds. The van der Waals surface area contributed by atoms with Crippen molar-refractivity contribution in [2.45, 2.75) is 49.6 Å². The Hall–Kier alpha value is -1.51. The third-order valence-electron chi connectivity index (χ3n) is 3.69. The van der Waals surface area contributed by atoms with Crippen LogP contribution in [0.1, 0.15) is 31.2 Å². The van der Waals surface area contributed by atoms with Crippen LogP contribution in [0.25, 0.3) is 0 Å². The largest absolute Gasteiger partial charge is 0.393 e. The molecule has 0 spiro atoms. The molecule has 8 heteroatoms. The van der Waals surface area contributed by atoms with Crippen LogP contribution in [-0.2, 0) is 10.0 Å². The summed E-state index contributed by atoms with van der Waals surface area (Å²) >= 11 is 0. The first-order valence-electron chi connectivity index (χ1n) is 6.75. The Bertz CT molecular complexity index is 636. The Balaban J connectivity index is 2.23. The maximum absolute atomic E-state index is 12.4. The summed E-state index contributed by atoms with van der Waals surface area (Å²) in [6.45, 7) is 1.60. The molecule has 7 nitrogen and oxygen atoms in total. The fourth-order valence-corrected chi connectivity index (χ4v) is 4.04. The van der Waals surface area contributed by atoms with E-state index in [-0.39, 0.29) is 22.7 Å². The number of aryl methyl sites for hydroxylation is 1. The smallest absolute Gasteiger partial charge is 0.270 e. The van der Waals surface area contributed by atoms with Crippen LogP contribution in [0.15, 0.2) is 23.1 Å². The van der Waals surface area contributed by atoms with Gasteiger partial charge in [0, 0.05) is 18.2 Å². The zero-order valence-electron chi connectivity index (χ0n) is 11.7. The Kier molecular flexibility index (Phi) is 4.60. The summed E-state index contributed by atoms with van der Waals surface area (Å²) < 4.78 is 27.3. The zero-order chi connectivity index (χ0) is 15.6. The van der Waals surface area contributed by atoms with Gasteiger partial charge in [-0.25, -0.2) is 13.1 Å². The highest BCUT2D eigenvalue weighted by Gasteiger charge is 2.26. The molecule has 2 N–H and O–H groups in total. The number of benzene rings is 1. The summed E-state index contributed by atoms with van der Waals surface area (Å²) in [5.41, 5.74) is 0.212. The molecule has 21 heavy (non-hydrogen) atoms. The predicted molar refractivity (Wildman–Crippen MR) is 76.4 cm³/mol. The lowest BCUT2D eigenvalue weighted by Crippen LogP contribution is -2.38. The summed E-state index contributed by atoms with van der Waals surface area (Å²) in [7, 11) is -3.80. The van der Waals surface area contributed by atoms with E-state index in [1.807, 2.05) is 0 Å². The van der Waals surface area contributed by atoms with E-state index < -0.39 is 14.9 Å². The minimum atomic E-state index is -3.80. The molecular formula is C13H18N2O5S. The van der Waals surface area contributed by atoms with E-state index in [4.69, 9.17) is 0 Å². The second kappa shape index (κ2) is 6.08. The summed E-state index contributed by atoms with van der Waals surface area (Å²) in [5.74, 6) is 0. The number of aliphatic hydroxyl groups excluding tert-OH is 1. The molecule has 0 unspecified atom stereocenters. The van der Waals surface area contributed by atoms with Crippen LogP contribution in [0.3, 0.4) is 0 Å². The topological polar surface area (TPSA) is 110 Å². The molecule has 116 valence electrons. The van der Waals surface area contributed by atoms with Crippen molar-refractivity contribution in [3.63, 3.8) is 0 Å². The van der Waals surface area contributed by atoms with Crippen molar-refractivity contribution < 1.29 is 18.4 Å². The molecule has 1 aromatic carbocycles. The third kappa shape index (κ3) is 3.78. The van der Waals surface area contributed by atoms with Gasteiger partial charge in [-0.2, -0.15) is 0 Å². The van der Waals surface area contributed by atoms with Crippen molar-refractivity contribution in [2.24, 2.45) is 0 Å². The van der Waals surface area contributed by atoms with E-state index in [0.717, 1.165) is 6.07 Å².